The van der Waals surface area contributed by atoms with Gasteiger partial charge in [-0.3, -0.25) is 14.9 Å². The number of likely N-dealkylation sites (tertiary alicyclic amines) is 1. The molecule has 1 unspecified atom stereocenters. The zero-order valence-corrected chi connectivity index (χ0v) is 16.9. The topological polar surface area (TPSA) is 111 Å². The molecule has 1 aliphatic rings. The van der Waals surface area contributed by atoms with E-state index < -0.39 is 25.9 Å². The van der Waals surface area contributed by atoms with Crippen molar-refractivity contribution in [1.82, 2.24) is 5.32 Å². The SMILES string of the molecule is C[C@@H](C(=O)N[C@H]1CC[NH+](Cc2ccccc2)C1)S(=O)(=O)c1ccc([N+](=O)[O-])cc1. The maximum absolute atomic E-state index is 12.7. The number of carbonyl (C=O) groups excluding carboxylic acids is 1. The van der Waals surface area contributed by atoms with Crippen LogP contribution in [0.3, 0.4) is 0 Å². The van der Waals surface area contributed by atoms with Gasteiger partial charge in [-0.05, 0) is 19.1 Å². The highest BCUT2D eigenvalue weighted by Crippen LogP contribution is 2.20. The lowest BCUT2D eigenvalue weighted by molar-refractivity contribution is -0.901. The quantitative estimate of drug-likeness (QED) is 0.509. The van der Waals surface area contributed by atoms with Crippen molar-refractivity contribution in [2.75, 3.05) is 13.1 Å². The zero-order chi connectivity index (χ0) is 21.0. The van der Waals surface area contributed by atoms with Crippen LogP contribution in [0.1, 0.15) is 18.9 Å². The molecule has 154 valence electrons. The van der Waals surface area contributed by atoms with E-state index in [1.165, 1.54) is 29.5 Å². The molecule has 0 radical (unpaired) electrons. The third kappa shape index (κ3) is 4.99. The number of carbonyl (C=O) groups is 1. The first-order valence-corrected chi connectivity index (χ1v) is 11.0. The highest BCUT2D eigenvalue weighted by molar-refractivity contribution is 7.92. The summed E-state index contributed by atoms with van der Waals surface area (Å²) in [4.78, 5) is 23.9. The average Bonchev–Trinajstić information content (AvgIpc) is 3.14. The van der Waals surface area contributed by atoms with Crippen molar-refractivity contribution < 1.29 is 23.0 Å². The molecule has 2 aromatic rings. The number of hydrogen-bond donors (Lipinski definition) is 2. The van der Waals surface area contributed by atoms with Crippen molar-refractivity contribution in [3.63, 3.8) is 0 Å². The van der Waals surface area contributed by atoms with Gasteiger partial charge in [0.15, 0.2) is 9.84 Å². The van der Waals surface area contributed by atoms with Crippen molar-refractivity contribution in [2.24, 2.45) is 0 Å². The Kier molecular flexibility index (Phi) is 6.29. The minimum Gasteiger partial charge on any atom is -0.346 e. The summed E-state index contributed by atoms with van der Waals surface area (Å²) in [7, 11) is -3.93. The molecule has 8 nitrogen and oxygen atoms in total. The molecule has 2 N–H and O–H groups in total. The zero-order valence-electron chi connectivity index (χ0n) is 16.1. The van der Waals surface area contributed by atoms with E-state index in [2.05, 4.69) is 17.4 Å². The van der Waals surface area contributed by atoms with Crippen LogP contribution in [0.2, 0.25) is 0 Å². The third-order valence-corrected chi connectivity index (χ3v) is 7.31. The van der Waals surface area contributed by atoms with Gasteiger partial charge in [0.25, 0.3) is 5.69 Å². The van der Waals surface area contributed by atoms with Crippen LogP contribution in [0.4, 0.5) is 5.69 Å². The summed E-state index contributed by atoms with van der Waals surface area (Å²) in [5.41, 5.74) is 1.03. The van der Waals surface area contributed by atoms with Crippen LogP contribution in [0.5, 0.6) is 0 Å². The van der Waals surface area contributed by atoms with E-state index >= 15 is 0 Å². The Morgan fingerprint density at radius 1 is 1.21 bits per heavy atom. The van der Waals surface area contributed by atoms with Crippen LogP contribution in [-0.4, -0.2) is 43.6 Å². The smallest absolute Gasteiger partial charge is 0.269 e. The molecular formula is C20H24N3O5S+. The molecule has 29 heavy (non-hydrogen) atoms. The van der Waals surface area contributed by atoms with Crippen molar-refractivity contribution in [3.8, 4) is 0 Å². The summed E-state index contributed by atoms with van der Waals surface area (Å²) in [6.45, 7) is 3.85. The Morgan fingerprint density at radius 3 is 2.48 bits per heavy atom. The molecule has 1 saturated heterocycles. The largest absolute Gasteiger partial charge is 0.346 e. The minimum atomic E-state index is -3.93. The molecule has 0 spiro atoms. The number of nitro groups is 1. The van der Waals surface area contributed by atoms with E-state index in [0.29, 0.717) is 0 Å². The highest BCUT2D eigenvalue weighted by atomic mass is 32.2. The number of benzene rings is 2. The second kappa shape index (κ2) is 8.71. The molecule has 1 aliphatic heterocycles. The number of rotatable bonds is 7. The summed E-state index contributed by atoms with van der Waals surface area (Å²) >= 11 is 0. The van der Waals surface area contributed by atoms with Crippen LogP contribution in [0, 0.1) is 10.1 Å². The number of nitro benzene ring substituents is 1. The van der Waals surface area contributed by atoms with E-state index in [1.54, 1.807) is 0 Å². The van der Waals surface area contributed by atoms with Gasteiger partial charge < -0.3 is 10.2 Å². The van der Waals surface area contributed by atoms with E-state index in [4.69, 9.17) is 0 Å². The number of nitrogens with one attached hydrogen (secondary N) is 2. The van der Waals surface area contributed by atoms with E-state index in [9.17, 15) is 23.3 Å². The molecule has 3 atom stereocenters. The van der Waals surface area contributed by atoms with E-state index in [-0.39, 0.29) is 16.6 Å². The summed E-state index contributed by atoms with van der Waals surface area (Å²) in [6, 6.07) is 14.6. The lowest BCUT2D eigenvalue weighted by Gasteiger charge is -2.17. The number of non-ortho nitro benzene ring substituents is 1. The Morgan fingerprint density at radius 2 is 1.86 bits per heavy atom. The highest BCUT2D eigenvalue weighted by Gasteiger charge is 2.34. The van der Waals surface area contributed by atoms with Gasteiger partial charge in [0.1, 0.15) is 11.8 Å². The first-order chi connectivity index (χ1) is 13.8. The Bertz CT molecular complexity index is 977. The Labute approximate surface area is 169 Å². The molecule has 0 aliphatic carbocycles. The first-order valence-electron chi connectivity index (χ1n) is 9.43. The van der Waals surface area contributed by atoms with Gasteiger partial charge in [0.2, 0.25) is 5.91 Å². The molecule has 0 aromatic heterocycles. The predicted octanol–water partition coefficient (Wildman–Crippen LogP) is 0.731. The maximum Gasteiger partial charge on any atom is 0.269 e. The molecular weight excluding hydrogens is 394 g/mol. The van der Waals surface area contributed by atoms with Gasteiger partial charge in [-0.25, -0.2) is 8.42 Å². The lowest BCUT2D eigenvalue weighted by Crippen LogP contribution is -3.09. The molecule has 1 amide bonds. The van der Waals surface area contributed by atoms with Gasteiger partial charge in [0.05, 0.1) is 29.0 Å². The molecule has 0 saturated carbocycles. The third-order valence-electron chi connectivity index (χ3n) is 5.24. The number of nitrogens with zero attached hydrogens (tertiary/aromatic N) is 1. The summed E-state index contributed by atoms with van der Waals surface area (Å²) in [6.07, 6.45) is 0.790. The van der Waals surface area contributed by atoms with Crippen molar-refractivity contribution in [1.29, 1.82) is 0 Å². The van der Waals surface area contributed by atoms with Crippen LogP contribution in [0.25, 0.3) is 0 Å². The van der Waals surface area contributed by atoms with Crippen molar-refractivity contribution in [3.05, 3.63) is 70.3 Å². The summed E-state index contributed by atoms with van der Waals surface area (Å²) < 4.78 is 25.4. The van der Waals surface area contributed by atoms with Crippen LogP contribution >= 0.6 is 0 Å². The Balaban J connectivity index is 1.59. The molecule has 0 bridgehead atoms. The fourth-order valence-electron chi connectivity index (χ4n) is 3.52. The number of hydrogen-bond acceptors (Lipinski definition) is 5. The first kappa shape index (κ1) is 20.9. The van der Waals surface area contributed by atoms with Crippen molar-refractivity contribution in [2.45, 2.75) is 36.1 Å². The van der Waals surface area contributed by atoms with Crippen LogP contribution < -0.4 is 10.2 Å². The number of sulfone groups is 1. The fourth-order valence-corrected chi connectivity index (χ4v) is 4.79. The summed E-state index contributed by atoms with van der Waals surface area (Å²) in [5, 5.41) is 12.3. The fraction of sp³-hybridized carbons (Fsp3) is 0.350. The normalized spacial score (nSPS) is 20.2. The van der Waals surface area contributed by atoms with Gasteiger partial charge in [-0.15, -0.1) is 0 Å². The maximum atomic E-state index is 12.7. The van der Waals surface area contributed by atoms with Gasteiger partial charge in [-0.2, -0.15) is 0 Å². The second-order valence-corrected chi connectivity index (χ2v) is 9.57. The van der Waals surface area contributed by atoms with Crippen molar-refractivity contribution >= 4 is 21.4 Å². The number of quaternary nitrogens is 1. The second-order valence-electron chi connectivity index (χ2n) is 7.30. The minimum absolute atomic E-state index is 0.0734. The van der Waals surface area contributed by atoms with E-state index in [1.807, 2.05) is 18.2 Å². The van der Waals surface area contributed by atoms with Gasteiger partial charge in [-0.1, -0.05) is 30.3 Å². The molecule has 9 heteroatoms. The Hall–Kier alpha value is -2.78. The monoisotopic (exact) mass is 418 g/mol. The molecule has 1 fully saturated rings. The molecule has 1 heterocycles. The van der Waals surface area contributed by atoms with Gasteiger partial charge >= 0.3 is 0 Å². The predicted molar refractivity (Wildman–Crippen MR) is 107 cm³/mol. The average molecular weight is 418 g/mol. The molecule has 3 rings (SSSR count). The standard InChI is InChI=1S/C20H23N3O5S/c1-15(29(27,28)19-9-7-18(8-10-19)23(25)26)20(24)21-17-11-12-22(14-17)13-16-5-3-2-4-6-16/h2-10,15,17H,11-14H2,1H3,(H,21,24)/p+1/t15-,17-/m0/s1. The van der Waals surface area contributed by atoms with Gasteiger partial charge in [0, 0.05) is 24.1 Å². The van der Waals surface area contributed by atoms with Crippen LogP contribution in [0.15, 0.2) is 59.5 Å². The number of amides is 1. The van der Waals surface area contributed by atoms with E-state index in [0.717, 1.165) is 38.2 Å². The molecule has 2 aromatic carbocycles. The summed E-state index contributed by atoms with van der Waals surface area (Å²) in [5.74, 6) is -0.547. The lowest BCUT2D eigenvalue weighted by atomic mass is 10.2. The van der Waals surface area contributed by atoms with Crippen LogP contribution in [-0.2, 0) is 21.2 Å².